The monoisotopic (exact) mass is 566 g/mol. The molecule has 2 aliphatic rings. The van der Waals surface area contributed by atoms with E-state index in [1.807, 2.05) is 37.3 Å². The molecule has 4 rings (SSSR count). The molecule has 4 atom stereocenters. The summed E-state index contributed by atoms with van der Waals surface area (Å²) >= 11 is 12.5. The Balaban J connectivity index is 1.83. The first-order valence-electron chi connectivity index (χ1n) is 12.5. The maximum Gasteiger partial charge on any atom is 0.304 e. The lowest BCUT2D eigenvalue weighted by Gasteiger charge is -2.52. The molecule has 0 bridgehead atoms. The minimum Gasteiger partial charge on any atom is -0.481 e. The van der Waals surface area contributed by atoms with Gasteiger partial charge in [0, 0.05) is 28.5 Å². The van der Waals surface area contributed by atoms with Gasteiger partial charge in [0.15, 0.2) is 0 Å². The largest absolute Gasteiger partial charge is 0.481 e. The van der Waals surface area contributed by atoms with Crippen molar-refractivity contribution in [3.8, 4) is 0 Å². The topological polar surface area (TPSA) is 104 Å². The Bertz CT molecular complexity index is 1270. The summed E-state index contributed by atoms with van der Waals surface area (Å²) in [6.45, 7) is 3.64. The number of carboxylic acids is 1. The van der Waals surface area contributed by atoms with Crippen LogP contribution in [0.3, 0.4) is 0 Å². The molecule has 1 heterocycles. The highest BCUT2D eigenvalue weighted by atomic mass is 35.5. The van der Waals surface area contributed by atoms with Crippen LogP contribution in [-0.4, -0.2) is 48.1 Å². The predicted octanol–water partition coefficient (Wildman–Crippen LogP) is 5.39. The summed E-state index contributed by atoms with van der Waals surface area (Å²) in [5.74, 6) is -1.64. The van der Waals surface area contributed by atoms with Crippen molar-refractivity contribution in [3.63, 3.8) is 0 Å². The lowest BCUT2D eigenvalue weighted by molar-refractivity contribution is -0.160. The van der Waals surface area contributed by atoms with E-state index in [1.54, 1.807) is 30.0 Å². The fourth-order valence-corrected chi connectivity index (χ4v) is 7.17. The van der Waals surface area contributed by atoms with Crippen LogP contribution in [0.1, 0.15) is 69.0 Å². The molecule has 2 fully saturated rings. The van der Waals surface area contributed by atoms with Gasteiger partial charge in [-0.3, -0.25) is 9.59 Å². The second-order valence-electron chi connectivity index (χ2n) is 10.4. The number of carboxylic acid groups (broad SMARTS) is 1. The third kappa shape index (κ3) is 6.14. The molecule has 1 saturated heterocycles. The Morgan fingerprint density at radius 1 is 1.14 bits per heavy atom. The summed E-state index contributed by atoms with van der Waals surface area (Å²) < 4.78 is 28.0. The van der Waals surface area contributed by atoms with E-state index in [1.165, 1.54) is 0 Å². The van der Waals surface area contributed by atoms with Gasteiger partial charge in [-0.1, -0.05) is 61.3 Å². The number of nitrogens with zero attached hydrogens (tertiary/aromatic N) is 1. The van der Waals surface area contributed by atoms with Crippen molar-refractivity contribution in [1.82, 2.24) is 9.62 Å². The quantitative estimate of drug-likeness (QED) is 0.401. The summed E-state index contributed by atoms with van der Waals surface area (Å²) in [5, 5.41) is 10.4. The maximum absolute atomic E-state index is 14.2. The molecule has 200 valence electrons. The van der Waals surface area contributed by atoms with Gasteiger partial charge in [0.05, 0.1) is 23.1 Å². The highest BCUT2D eigenvalue weighted by Crippen LogP contribution is 2.52. The number of aliphatic carboxylic acids is 1. The van der Waals surface area contributed by atoms with Crippen LogP contribution in [0.15, 0.2) is 48.5 Å². The van der Waals surface area contributed by atoms with Crippen molar-refractivity contribution in [2.75, 3.05) is 6.54 Å². The van der Waals surface area contributed by atoms with Crippen molar-refractivity contribution in [1.29, 1.82) is 0 Å². The first-order chi connectivity index (χ1) is 17.4. The molecule has 1 aliphatic carbocycles. The predicted molar refractivity (Wildman–Crippen MR) is 144 cm³/mol. The van der Waals surface area contributed by atoms with E-state index in [-0.39, 0.29) is 30.0 Å². The van der Waals surface area contributed by atoms with E-state index in [0.717, 1.165) is 11.1 Å². The van der Waals surface area contributed by atoms with Gasteiger partial charge < -0.3 is 10.0 Å². The number of carbonyl (C=O) groups is 2. The number of sulfonamides is 1. The molecule has 2 aromatic carbocycles. The van der Waals surface area contributed by atoms with Crippen molar-refractivity contribution in [2.45, 2.75) is 69.2 Å². The Labute approximate surface area is 228 Å². The average molecular weight is 568 g/mol. The first kappa shape index (κ1) is 27.9. The van der Waals surface area contributed by atoms with Crippen LogP contribution in [0, 0.1) is 5.41 Å². The van der Waals surface area contributed by atoms with Crippen molar-refractivity contribution >= 4 is 45.1 Å². The zero-order valence-electron chi connectivity index (χ0n) is 20.9. The molecule has 1 aliphatic heterocycles. The standard InChI is InChI=1S/C27H32Cl2N2O5S/c1-3-21(16-30-37(35,36)22-11-12-22)31-25(17-7-9-19(28)10-8-17)23(18-5-4-6-20(29)13-18)14-27(2,26(31)34)15-24(32)33/h4-10,13,21-23,25,30H,3,11-12,14-16H2,1-2H3,(H,32,33)/t21-,23+,25+,27+/m0/s1. The average Bonchev–Trinajstić information content (AvgIpc) is 3.68. The molecular weight excluding hydrogens is 535 g/mol. The number of hydrogen-bond acceptors (Lipinski definition) is 4. The third-order valence-corrected chi connectivity index (χ3v) is 9.88. The highest BCUT2D eigenvalue weighted by Gasteiger charge is 2.52. The van der Waals surface area contributed by atoms with E-state index in [4.69, 9.17) is 23.2 Å². The van der Waals surface area contributed by atoms with E-state index in [0.29, 0.717) is 35.7 Å². The Hall–Kier alpha value is -2.13. The SMILES string of the molecule is CC[C@@H](CNS(=O)(=O)C1CC1)N1C(=O)[C@@](C)(CC(=O)O)C[C@H](c2cccc(Cl)c2)[C@H]1c1ccc(Cl)cc1. The van der Waals surface area contributed by atoms with E-state index >= 15 is 0 Å². The van der Waals surface area contributed by atoms with Gasteiger partial charge in [0.2, 0.25) is 15.9 Å². The van der Waals surface area contributed by atoms with Gasteiger partial charge in [-0.15, -0.1) is 0 Å². The third-order valence-electron chi connectivity index (χ3n) is 7.48. The van der Waals surface area contributed by atoms with Crippen LogP contribution in [0.2, 0.25) is 10.0 Å². The number of benzene rings is 2. The molecule has 0 unspecified atom stereocenters. The molecule has 37 heavy (non-hydrogen) atoms. The molecule has 10 heteroatoms. The minimum atomic E-state index is -3.47. The van der Waals surface area contributed by atoms with Gasteiger partial charge in [0.25, 0.3) is 0 Å². The normalized spacial score (nSPS) is 25.2. The second-order valence-corrected chi connectivity index (χ2v) is 13.3. The zero-order chi connectivity index (χ0) is 27.0. The minimum absolute atomic E-state index is 0.0522. The second kappa shape index (κ2) is 10.9. The lowest BCUT2D eigenvalue weighted by atomic mass is 9.67. The van der Waals surface area contributed by atoms with Crippen LogP contribution in [0.4, 0.5) is 0 Å². The maximum atomic E-state index is 14.2. The Morgan fingerprint density at radius 3 is 2.38 bits per heavy atom. The molecule has 1 saturated carbocycles. The molecule has 2 aromatic rings. The Morgan fingerprint density at radius 2 is 1.81 bits per heavy atom. The number of rotatable bonds is 10. The summed E-state index contributed by atoms with van der Waals surface area (Å²) in [7, 11) is -3.47. The number of likely N-dealkylation sites (tertiary alicyclic amines) is 1. The zero-order valence-corrected chi connectivity index (χ0v) is 23.2. The lowest BCUT2D eigenvalue weighted by Crippen LogP contribution is -2.58. The van der Waals surface area contributed by atoms with Gasteiger partial charge in [-0.05, 0) is 61.1 Å². The number of carbonyl (C=O) groups excluding carboxylic acids is 1. The highest BCUT2D eigenvalue weighted by molar-refractivity contribution is 7.90. The van der Waals surface area contributed by atoms with Gasteiger partial charge in [-0.25, -0.2) is 13.1 Å². The smallest absolute Gasteiger partial charge is 0.304 e. The number of hydrogen-bond donors (Lipinski definition) is 2. The van der Waals surface area contributed by atoms with Gasteiger partial charge >= 0.3 is 5.97 Å². The molecule has 0 radical (unpaired) electrons. The van der Waals surface area contributed by atoms with E-state index in [2.05, 4.69) is 4.72 Å². The number of piperidine rings is 1. The molecule has 7 nitrogen and oxygen atoms in total. The number of amides is 1. The fourth-order valence-electron chi connectivity index (χ4n) is 5.43. The molecule has 1 amide bonds. The van der Waals surface area contributed by atoms with Crippen LogP contribution >= 0.6 is 23.2 Å². The van der Waals surface area contributed by atoms with E-state index < -0.39 is 33.5 Å². The molecule has 0 aromatic heterocycles. The van der Waals surface area contributed by atoms with Crippen LogP contribution in [-0.2, 0) is 19.6 Å². The molecule has 0 spiro atoms. The summed E-state index contributed by atoms with van der Waals surface area (Å²) in [5.41, 5.74) is 0.531. The fraction of sp³-hybridized carbons (Fsp3) is 0.481. The summed E-state index contributed by atoms with van der Waals surface area (Å²) in [4.78, 5) is 27.8. The molecule has 2 N–H and O–H groups in total. The summed E-state index contributed by atoms with van der Waals surface area (Å²) in [6, 6.07) is 13.7. The van der Waals surface area contributed by atoms with Crippen molar-refractivity contribution in [2.24, 2.45) is 5.41 Å². The molecular formula is C27H32Cl2N2O5S. The summed E-state index contributed by atoms with van der Waals surface area (Å²) in [6.07, 6.45) is 1.71. The number of nitrogens with one attached hydrogen (secondary N) is 1. The van der Waals surface area contributed by atoms with Gasteiger partial charge in [0.1, 0.15) is 0 Å². The number of halogens is 2. The van der Waals surface area contributed by atoms with Crippen LogP contribution < -0.4 is 4.72 Å². The van der Waals surface area contributed by atoms with Crippen LogP contribution in [0.5, 0.6) is 0 Å². The van der Waals surface area contributed by atoms with Crippen molar-refractivity contribution in [3.05, 3.63) is 69.7 Å². The Kier molecular flexibility index (Phi) is 8.24. The van der Waals surface area contributed by atoms with Crippen LogP contribution in [0.25, 0.3) is 0 Å². The van der Waals surface area contributed by atoms with Gasteiger partial charge in [-0.2, -0.15) is 0 Å². The van der Waals surface area contributed by atoms with E-state index in [9.17, 15) is 23.1 Å². The van der Waals surface area contributed by atoms with Crippen molar-refractivity contribution < 1.29 is 23.1 Å². The first-order valence-corrected chi connectivity index (χ1v) is 14.8.